The zero-order chi connectivity index (χ0) is 19.1. The van der Waals surface area contributed by atoms with Gasteiger partial charge in [0, 0.05) is 6.42 Å². The third-order valence-electron chi connectivity index (χ3n) is 5.61. The number of ether oxygens (including phenoxy) is 1. The highest BCUT2D eigenvalue weighted by Gasteiger charge is 2.39. The van der Waals surface area contributed by atoms with Gasteiger partial charge in [0.1, 0.15) is 0 Å². The van der Waals surface area contributed by atoms with Crippen molar-refractivity contribution < 1.29 is 17.3 Å². The molecule has 142 valence electrons. The highest BCUT2D eigenvalue weighted by Crippen LogP contribution is 2.45. The minimum atomic E-state index is -3.75. The Morgan fingerprint density at radius 1 is 1.11 bits per heavy atom. The molecule has 1 heterocycles. The average molecular weight is 384 g/mol. The third-order valence-corrected chi connectivity index (χ3v) is 6.94. The first-order valence-corrected chi connectivity index (χ1v) is 10.7. The summed E-state index contributed by atoms with van der Waals surface area (Å²) in [6.45, 7) is 4.72. The van der Waals surface area contributed by atoms with Gasteiger partial charge in [0.25, 0.3) is 10.1 Å². The van der Waals surface area contributed by atoms with E-state index in [-0.39, 0.29) is 11.5 Å². The molecule has 2 aliphatic rings. The first kappa shape index (κ1) is 18.4. The van der Waals surface area contributed by atoms with Crippen molar-refractivity contribution in [1.29, 1.82) is 0 Å². The van der Waals surface area contributed by atoms with Crippen molar-refractivity contribution in [1.82, 2.24) is 0 Å². The van der Waals surface area contributed by atoms with E-state index >= 15 is 0 Å². The minimum absolute atomic E-state index is 0.0971. The second-order valence-electron chi connectivity index (χ2n) is 7.46. The molecule has 0 radical (unpaired) electrons. The summed E-state index contributed by atoms with van der Waals surface area (Å²) < 4.78 is 36.3. The molecule has 0 spiro atoms. The van der Waals surface area contributed by atoms with Gasteiger partial charge in [-0.2, -0.15) is 8.42 Å². The zero-order valence-electron chi connectivity index (χ0n) is 15.7. The molecule has 1 unspecified atom stereocenters. The molecule has 0 N–H and O–H groups in total. The fourth-order valence-corrected chi connectivity index (χ4v) is 4.94. The lowest BCUT2D eigenvalue weighted by atomic mass is 9.85. The topological polar surface area (TPSA) is 52.6 Å². The van der Waals surface area contributed by atoms with Crippen LogP contribution >= 0.6 is 0 Å². The van der Waals surface area contributed by atoms with Crippen LogP contribution in [0.4, 0.5) is 0 Å². The van der Waals surface area contributed by atoms with Gasteiger partial charge < -0.3 is 4.74 Å². The molecule has 1 aliphatic heterocycles. The summed E-state index contributed by atoms with van der Waals surface area (Å²) in [5, 5.41) is 0. The predicted octanol–water partition coefficient (Wildman–Crippen LogP) is 4.28. The van der Waals surface area contributed by atoms with Crippen LogP contribution in [0, 0.1) is 6.92 Å². The Morgan fingerprint density at radius 3 is 2.63 bits per heavy atom. The zero-order valence-corrected chi connectivity index (χ0v) is 16.5. The van der Waals surface area contributed by atoms with Gasteiger partial charge in [0.15, 0.2) is 0 Å². The summed E-state index contributed by atoms with van der Waals surface area (Å²) in [4.78, 5) is 0.191. The van der Waals surface area contributed by atoms with Crippen molar-refractivity contribution in [3.05, 3.63) is 70.8 Å². The lowest BCUT2D eigenvalue weighted by Gasteiger charge is -2.36. The number of rotatable bonds is 5. The third kappa shape index (κ3) is 3.47. The Bertz CT molecular complexity index is 989. The number of fused-ring (bicyclic) bond motifs is 2. The van der Waals surface area contributed by atoms with Gasteiger partial charge in [-0.15, -0.1) is 0 Å². The summed E-state index contributed by atoms with van der Waals surface area (Å²) >= 11 is 0. The predicted molar refractivity (Wildman–Crippen MR) is 105 cm³/mol. The van der Waals surface area contributed by atoms with E-state index in [0.29, 0.717) is 13.0 Å². The lowest BCUT2D eigenvalue weighted by molar-refractivity contribution is -0.0215. The molecule has 0 saturated heterocycles. The van der Waals surface area contributed by atoms with Crippen molar-refractivity contribution in [2.75, 3.05) is 13.2 Å². The number of benzene rings is 2. The van der Waals surface area contributed by atoms with Gasteiger partial charge in [0.2, 0.25) is 0 Å². The largest absolute Gasteiger partial charge is 0.370 e. The van der Waals surface area contributed by atoms with E-state index in [1.165, 1.54) is 22.3 Å². The van der Waals surface area contributed by atoms with Gasteiger partial charge in [-0.3, -0.25) is 4.18 Å². The maximum atomic E-state index is 12.4. The highest BCUT2D eigenvalue weighted by molar-refractivity contribution is 7.86. The van der Waals surface area contributed by atoms with Crippen molar-refractivity contribution in [3.8, 4) is 0 Å². The van der Waals surface area contributed by atoms with Gasteiger partial charge in [-0.1, -0.05) is 42.0 Å². The molecule has 1 atom stereocenters. The molecule has 4 rings (SSSR count). The molecule has 0 fully saturated rings. The Balaban J connectivity index is 1.48. The van der Waals surface area contributed by atoms with Gasteiger partial charge in [-0.05, 0) is 61.1 Å². The maximum absolute atomic E-state index is 12.4. The van der Waals surface area contributed by atoms with Crippen molar-refractivity contribution in [2.24, 2.45) is 0 Å². The molecule has 4 nitrogen and oxygen atoms in total. The van der Waals surface area contributed by atoms with Gasteiger partial charge in [-0.25, -0.2) is 0 Å². The van der Waals surface area contributed by atoms with Crippen molar-refractivity contribution in [3.63, 3.8) is 0 Å². The van der Waals surface area contributed by atoms with Crippen LogP contribution in [-0.4, -0.2) is 27.2 Å². The van der Waals surface area contributed by atoms with E-state index in [9.17, 15) is 8.42 Å². The van der Waals surface area contributed by atoms with E-state index in [0.717, 1.165) is 18.4 Å². The van der Waals surface area contributed by atoms with E-state index in [2.05, 4.69) is 31.2 Å². The second-order valence-corrected chi connectivity index (χ2v) is 9.07. The van der Waals surface area contributed by atoms with Gasteiger partial charge >= 0.3 is 0 Å². The lowest BCUT2D eigenvalue weighted by Crippen LogP contribution is -2.37. The first-order chi connectivity index (χ1) is 12.9. The summed E-state index contributed by atoms with van der Waals surface area (Å²) in [6.07, 6.45) is 2.28. The normalized spacial score (nSPS) is 21.9. The van der Waals surface area contributed by atoms with Crippen LogP contribution in [-0.2, 0) is 25.5 Å². The van der Waals surface area contributed by atoms with Crippen LogP contribution in [0.5, 0.6) is 0 Å². The summed E-state index contributed by atoms with van der Waals surface area (Å²) in [6, 6.07) is 15.2. The Hall–Kier alpha value is -1.95. The minimum Gasteiger partial charge on any atom is -0.370 e. The number of hydrogen-bond acceptors (Lipinski definition) is 4. The molecule has 27 heavy (non-hydrogen) atoms. The highest BCUT2D eigenvalue weighted by atomic mass is 32.2. The molecule has 0 aromatic heterocycles. The molecule has 0 amide bonds. The van der Waals surface area contributed by atoms with Crippen LogP contribution in [0.25, 0.3) is 5.57 Å². The van der Waals surface area contributed by atoms with Crippen LogP contribution in [0.3, 0.4) is 0 Å². The smallest absolute Gasteiger partial charge is 0.296 e. The molecular formula is C22H24O4S. The molecule has 2 aromatic carbocycles. The van der Waals surface area contributed by atoms with Crippen LogP contribution < -0.4 is 0 Å². The first-order valence-electron chi connectivity index (χ1n) is 9.30. The Labute approximate surface area is 160 Å². The van der Waals surface area contributed by atoms with Crippen molar-refractivity contribution >= 4 is 15.7 Å². The number of hydrogen-bond donors (Lipinski definition) is 0. The monoisotopic (exact) mass is 384 g/mol. The van der Waals surface area contributed by atoms with E-state index in [1.54, 1.807) is 24.3 Å². The summed E-state index contributed by atoms with van der Waals surface area (Å²) in [5.41, 5.74) is 5.79. The van der Waals surface area contributed by atoms with E-state index in [4.69, 9.17) is 8.92 Å². The second kappa shape index (κ2) is 6.89. The molecule has 0 bridgehead atoms. The molecule has 0 saturated carbocycles. The quantitative estimate of drug-likeness (QED) is 0.722. The summed E-state index contributed by atoms with van der Waals surface area (Å²) in [5.74, 6) is 0. The van der Waals surface area contributed by atoms with E-state index < -0.39 is 15.7 Å². The fourth-order valence-electron chi connectivity index (χ4n) is 4.03. The standard InChI is InChI=1S/C22H24O4S/c1-16-7-9-18(10-8-16)27(23,24)26-14-12-22(2)21-15-17-5-3-4-6-19(17)20(21)11-13-25-22/h3-10H,11-15H2,1-2H3. The van der Waals surface area contributed by atoms with Crippen LogP contribution in [0.15, 0.2) is 59.0 Å². The number of aryl methyl sites for hydroxylation is 1. The SMILES string of the molecule is Cc1ccc(S(=O)(=O)OCCC2(C)OCCC3=C2Cc2ccccc23)cc1. The van der Waals surface area contributed by atoms with E-state index in [1.807, 2.05) is 6.92 Å². The summed E-state index contributed by atoms with van der Waals surface area (Å²) in [7, 11) is -3.75. The van der Waals surface area contributed by atoms with Crippen molar-refractivity contribution in [2.45, 2.75) is 43.6 Å². The van der Waals surface area contributed by atoms with Crippen LogP contribution in [0.1, 0.15) is 36.5 Å². The van der Waals surface area contributed by atoms with Crippen LogP contribution in [0.2, 0.25) is 0 Å². The average Bonchev–Trinajstić information content (AvgIpc) is 3.03. The maximum Gasteiger partial charge on any atom is 0.296 e. The molecule has 1 aliphatic carbocycles. The molecular weight excluding hydrogens is 360 g/mol. The fraction of sp³-hybridized carbons (Fsp3) is 0.364. The Morgan fingerprint density at radius 2 is 1.85 bits per heavy atom. The molecule has 5 heteroatoms. The molecule has 2 aromatic rings. The van der Waals surface area contributed by atoms with Gasteiger partial charge in [0.05, 0.1) is 23.7 Å². The Kier molecular flexibility index (Phi) is 4.70.